The molecule has 0 bridgehead atoms. The van der Waals surface area contributed by atoms with Crippen molar-refractivity contribution < 1.29 is 18.0 Å². The van der Waals surface area contributed by atoms with Crippen LogP contribution in [0.5, 0.6) is 0 Å². The van der Waals surface area contributed by atoms with Crippen molar-refractivity contribution in [3.63, 3.8) is 0 Å². The molecule has 0 saturated carbocycles. The first-order chi connectivity index (χ1) is 9.91. The number of piperidine rings is 1. The van der Waals surface area contributed by atoms with Gasteiger partial charge in [0.1, 0.15) is 0 Å². The Kier molecular flexibility index (Phi) is 4.75. The number of nitrogens with zero attached hydrogens (tertiary/aromatic N) is 1. The van der Waals surface area contributed by atoms with Crippen molar-refractivity contribution in [2.45, 2.75) is 25.9 Å². The minimum Gasteiger partial charge on any atom is -0.385 e. The van der Waals surface area contributed by atoms with Crippen LogP contribution in [0, 0.1) is 5.92 Å². The van der Waals surface area contributed by atoms with E-state index in [9.17, 15) is 18.0 Å². The number of likely N-dealkylation sites (tertiary alicyclic amines) is 1. The molecule has 6 heteroatoms. The van der Waals surface area contributed by atoms with Gasteiger partial charge in [-0.15, -0.1) is 0 Å². The highest BCUT2D eigenvalue weighted by Gasteiger charge is 2.42. The summed E-state index contributed by atoms with van der Waals surface area (Å²) in [5.74, 6) is -1.73. The van der Waals surface area contributed by atoms with Gasteiger partial charge in [-0.25, -0.2) is 0 Å². The summed E-state index contributed by atoms with van der Waals surface area (Å²) in [6, 6.07) is 6.83. The molecule has 1 atom stereocenters. The lowest BCUT2D eigenvalue weighted by molar-refractivity contribution is -0.184. The molecule has 1 saturated heterocycles. The zero-order valence-corrected chi connectivity index (χ0v) is 11.9. The van der Waals surface area contributed by atoms with E-state index in [0.29, 0.717) is 18.5 Å². The standard InChI is InChI=1S/C15H19F3N2O/c1-2-19-13-7-5-11(6-8-13)14(21)20-9-3-4-12(10-20)15(16,17)18/h5-8,12,19H,2-4,9-10H2,1H3. The summed E-state index contributed by atoms with van der Waals surface area (Å²) in [4.78, 5) is 13.6. The Morgan fingerprint density at radius 3 is 2.57 bits per heavy atom. The second-order valence-corrected chi connectivity index (χ2v) is 5.24. The third-order valence-corrected chi connectivity index (χ3v) is 3.68. The molecule has 1 amide bonds. The summed E-state index contributed by atoms with van der Waals surface area (Å²) in [5.41, 5.74) is 1.32. The van der Waals surface area contributed by atoms with Crippen LogP contribution in [-0.2, 0) is 0 Å². The van der Waals surface area contributed by atoms with E-state index in [1.54, 1.807) is 24.3 Å². The van der Waals surface area contributed by atoms with Crippen molar-refractivity contribution in [1.29, 1.82) is 0 Å². The maximum atomic E-state index is 12.8. The molecule has 1 heterocycles. The van der Waals surface area contributed by atoms with Crippen LogP contribution in [-0.4, -0.2) is 36.6 Å². The quantitative estimate of drug-likeness (QED) is 0.926. The number of hydrogen-bond acceptors (Lipinski definition) is 2. The number of benzene rings is 1. The summed E-state index contributed by atoms with van der Waals surface area (Å²) in [7, 11) is 0. The molecule has 1 aromatic carbocycles. The second-order valence-electron chi connectivity index (χ2n) is 5.24. The lowest BCUT2D eigenvalue weighted by Crippen LogP contribution is -2.44. The maximum absolute atomic E-state index is 12.8. The summed E-state index contributed by atoms with van der Waals surface area (Å²) < 4.78 is 38.3. The molecule has 1 aliphatic heterocycles. The Balaban J connectivity index is 2.05. The van der Waals surface area contributed by atoms with Crippen molar-refractivity contribution in [3.05, 3.63) is 29.8 Å². The van der Waals surface area contributed by atoms with Crippen molar-refractivity contribution in [1.82, 2.24) is 4.90 Å². The lowest BCUT2D eigenvalue weighted by atomic mass is 9.97. The summed E-state index contributed by atoms with van der Waals surface area (Å²) >= 11 is 0. The van der Waals surface area contributed by atoms with E-state index in [0.717, 1.165) is 12.2 Å². The van der Waals surface area contributed by atoms with Crippen molar-refractivity contribution in [2.75, 3.05) is 25.0 Å². The molecule has 2 rings (SSSR count). The first-order valence-corrected chi connectivity index (χ1v) is 7.11. The van der Waals surface area contributed by atoms with Gasteiger partial charge >= 0.3 is 6.18 Å². The van der Waals surface area contributed by atoms with E-state index >= 15 is 0 Å². The van der Waals surface area contributed by atoms with Gasteiger partial charge in [-0.2, -0.15) is 13.2 Å². The van der Waals surface area contributed by atoms with Crippen LogP contribution in [0.1, 0.15) is 30.1 Å². The van der Waals surface area contributed by atoms with E-state index in [2.05, 4.69) is 5.32 Å². The SMILES string of the molecule is CCNc1ccc(C(=O)N2CCCC(C(F)(F)F)C2)cc1. The van der Waals surface area contributed by atoms with E-state index in [-0.39, 0.29) is 18.9 Å². The van der Waals surface area contributed by atoms with Crippen LogP contribution in [0.15, 0.2) is 24.3 Å². The average Bonchev–Trinajstić information content (AvgIpc) is 2.47. The highest BCUT2D eigenvalue weighted by molar-refractivity contribution is 5.94. The zero-order chi connectivity index (χ0) is 15.5. The predicted octanol–water partition coefficient (Wildman–Crippen LogP) is 3.53. The number of nitrogens with one attached hydrogen (secondary N) is 1. The molecule has 1 fully saturated rings. The third-order valence-electron chi connectivity index (χ3n) is 3.68. The van der Waals surface area contributed by atoms with Gasteiger partial charge in [-0.05, 0) is 44.0 Å². The molecule has 1 aliphatic rings. The fourth-order valence-corrected chi connectivity index (χ4v) is 2.55. The van der Waals surface area contributed by atoms with E-state index in [4.69, 9.17) is 0 Å². The van der Waals surface area contributed by atoms with Crippen molar-refractivity contribution in [3.8, 4) is 0 Å². The molecule has 116 valence electrons. The van der Waals surface area contributed by atoms with Crippen LogP contribution in [0.3, 0.4) is 0 Å². The number of anilines is 1. The topological polar surface area (TPSA) is 32.3 Å². The van der Waals surface area contributed by atoms with E-state index < -0.39 is 12.1 Å². The van der Waals surface area contributed by atoms with Gasteiger partial charge in [-0.1, -0.05) is 0 Å². The molecular formula is C15H19F3N2O. The van der Waals surface area contributed by atoms with E-state index in [1.165, 1.54) is 4.90 Å². The van der Waals surface area contributed by atoms with Gasteiger partial charge < -0.3 is 10.2 Å². The minimum atomic E-state index is -4.23. The number of hydrogen-bond donors (Lipinski definition) is 1. The van der Waals surface area contributed by atoms with Crippen molar-refractivity contribution >= 4 is 11.6 Å². The second kappa shape index (κ2) is 6.37. The summed E-state index contributed by atoms with van der Waals surface area (Å²) in [6.45, 7) is 2.88. The van der Waals surface area contributed by atoms with Crippen LogP contribution in [0.4, 0.5) is 18.9 Å². The number of carbonyl (C=O) groups is 1. The fraction of sp³-hybridized carbons (Fsp3) is 0.533. The normalized spacial score (nSPS) is 19.4. The van der Waals surface area contributed by atoms with Crippen LogP contribution in [0.25, 0.3) is 0 Å². The number of amides is 1. The third kappa shape index (κ3) is 3.89. The van der Waals surface area contributed by atoms with Gasteiger partial charge in [0.05, 0.1) is 5.92 Å². The molecule has 0 spiro atoms. The molecule has 1 N–H and O–H groups in total. The Morgan fingerprint density at radius 2 is 2.00 bits per heavy atom. The first kappa shape index (κ1) is 15.7. The fourth-order valence-electron chi connectivity index (χ4n) is 2.55. The molecule has 0 aliphatic carbocycles. The minimum absolute atomic E-state index is 0.104. The predicted molar refractivity (Wildman–Crippen MR) is 75.3 cm³/mol. The molecule has 3 nitrogen and oxygen atoms in total. The summed E-state index contributed by atoms with van der Waals surface area (Å²) in [6.07, 6.45) is -3.73. The monoisotopic (exact) mass is 300 g/mol. The average molecular weight is 300 g/mol. The molecule has 0 radical (unpaired) electrons. The zero-order valence-electron chi connectivity index (χ0n) is 11.9. The van der Waals surface area contributed by atoms with Crippen molar-refractivity contribution in [2.24, 2.45) is 5.92 Å². The number of alkyl halides is 3. The van der Waals surface area contributed by atoms with Gasteiger partial charge in [0, 0.05) is 30.9 Å². The Morgan fingerprint density at radius 1 is 1.33 bits per heavy atom. The van der Waals surface area contributed by atoms with Gasteiger partial charge in [0.25, 0.3) is 5.91 Å². The molecule has 21 heavy (non-hydrogen) atoms. The molecule has 0 aromatic heterocycles. The Hall–Kier alpha value is -1.72. The maximum Gasteiger partial charge on any atom is 0.393 e. The van der Waals surface area contributed by atoms with Crippen LogP contribution < -0.4 is 5.32 Å². The summed E-state index contributed by atoms with van der Waals surface area (Å²) in [5, 5.41) is 3.11. The Labute approximate surface area is 122 Å². The lowest BCUT2D eigenvalue weighted by Gasteiger charge is -2.33. The van der Waals surface area contributed by atoms with Gasteiger partial charge in [0.2, 0.25) is 0 Å². The number of carbonyl (C=O) groups excluding carboxylic acids is 1. The number of rotatable bonds is 3. The smallest absolute Gasteiger partial charge is 0.385 e. The van der Waals surface area contributed by atoms with Gasteiger partial charge in [0.15, 0.2) is 0 Å². The molecule has 1 unspecified atom stereocenters. The largest absolute Gasteiger partial charge is 0.393 e. The molecular weight excluding hydrogens is 281 g/mol. The first-order valence-electron chi connectivity index (χ1n) is 7.11. The number of halogens is 3. The van der Waals surface area contributed by atoms with Crippen LogP contribution in [0.2, 0.25) is 0 Å². The van der Waals surface area contributed by atoms with Crippen LogP contribution >= 0.6 is 0 Å². The molecule has 1 aromatic rings. The van der Waals surface area contributed by atoms with E-state index in [1.807, 2.05) is 6.92 Å². The highest BCUT2D eigenvalue weighted by Crippen LogP contribution is 2.33. The Bertz CT molecular complexity index is 485. The highest BCUT2D eigenvalue weighted by atomic mass is 19.4. The van der Waals surface area contributed by atoms with Gasteiger partial charge in [-0.3, -0.25) is 4.79 Å².